The quantitative estimate of drug-likeness (QED) is 0.897. The molecule has 0 radical (unpaired) electrons. The molecule has 2 aromatic carbocycles. The lowest BCUT2D eigenvalue weighted by Crippen LogP contribution is -2.38. The molecule has 18 heavy (non-hydrogen) atoms. The molecule has 2 N–H and O–H groups in total. The summed E-state index contributed by atoms with van der Waals surface area (Å²) < 4.78 is 1.10. The number of rotatable bonds is 4. The summed E-state index contributed by atoms with van der Waals surface area (Å²) in [6.07, 6.45) is 1.79. The van der Waals surface area contributed by atoms with Gasteiger partial charge in [-0.05, 0) is 36.1 Å². The summed E-state index contributed by atoms with van der Waals surface area (Å²) in [4.78, 5) is 0. The summed E-state index contributed by atoms with van der Waals surface area (Å²) in [5.74, 6) is 0. The molecule has 0 spiro atoms. The fourth-order valence-corrected chi connectivity index (χ4v) is 2.43. The molecule has 0 aromatic heterocycles. The molecule has 94 valence electrons. The van der Waals surface area contributed by atoms with E-state index in [0.717, 1.165) is 17.3 Å². The van der Waals surface area contributed by atoms with Crippen LogP contribution in [0.2, 0.25) is 0 Å². The van der Waals surface area contributed by atoms with Crippen molar-refractivity contribution in [3.63, 3.8) is 0 Å². The Bertz CT molecular complexity index is 492. The fourth-order valence-electron chi connectivity index (χ4n) is 2.17. The third kappa shape index (κ3) is 3.01. The minimum atomic E-state index is -0.283. The Hall–Kier alpha value is -1.12. The van der Waals surface area contributed by atoms with Gasteiger partial charge in [0.2, 0.25) is 0 Å². The molecule has 0 aliphatic carbocycles. The van der Waals surface area contributed by atoms with Gasteiger partial charge in [-0.15, -0.1) is 0 Å². The van der Waals surface area contributed by atoms with Gasteiger partial charge in [0, 0.05) is 10.0 Å². The third-order valence-electron chi connectivity index (χ3n) is 3.41. The largest absolute Gasteiger partial charge is 0.321 e. The Morgan fingerprint density at radius 2 is 1.61 bits per heavy atom. The van der Waals surface area contributed by atoms with E-state index >= 15 is 0 Å². The smallest absolute Gasteiger partial charge is 0.0447 e. The second-order valence-corrected chi connectivity index (χ2v) is 5.59. The van der Waals surface area contributed by atoms with Gasteiger partial charge in [0.05, 0.1) is 0 Å². The maximum atomic E-state index is 6.58. The molecule has 2 heteroatoms. The minimum absolute atomic E-state index is 0.283. The van der Waals surface area contributed by atoms with Crippen LogP contribution in [0.25, 0.3) is 0 Å². The van der Waals surface area contributed by atoms with Gasteiger partial charge in [-0.25, -0.2) is 0 Å². The van der Waals surface area contributed by atoms with Crippen molar-refractivity contribution in [2.24, 2.45) is 5.73 Å². The summed E-state index contributed by atoms with van der Waals surface area (Å²) in [6.45, 7) is 2.14. The first-order valence-corrected chi connectivity index (χ1v) is 7.02. The van der Waals surface area contributed by atoms with Gasteiger partial charge >= 0.3 is 0 Å². The molecule has 1 atom stereocenters. The Morgan fingerprint density at radius 3 is 2.17 bits per heavy atom. The molecule has 1 nitrogen and oxygen atoms in total. The van der Waals surface area contributed by atoms with Gasteiger partial charge in [-0.1, -0.05) is 65.3 Å². The van der Waals surface area contributed by atoms with Crippen LogP contribution in [0.3, 0.4) is 0 Å². The molecule has 0 amide bonds. The van der Waals surface area contributed by atoms with Crippen molar-refractivity contribution in [2.75, 3.05) is 0 Å². The van der Waals surface area contributed by atoms with Crippen LogP contribution in [0.4, 0.5) is 0 Å². The highest BCUT2D eigenvalue weighted by atomic mass is 79.9. The van der Waals surface area contributed by atoms with Crippen LogP contribution in [0.5, 0.6) is 0 Å². The molecule has 2 aromatic rings. The lowest BCUT2D eigenvalue weighted by molar-refractivity contribution is 0.425. The van der Waals surface area contributed by atoms with Crippen LogP contribution < -0.4 is 5.73 Å². The molecule has 0 saturated heterocycles. The molecule has 0 aliphatic rings. The number of halogens is 1. The Kier molecular flexibility index (Phi) is 4.20. The zero-order valence-corrected chi connectivity index (χ0v) is 12.2. The van der Waals surface area contributed by atoms with Crippen LogP contribution in [0.15, 0.2) is 59.1 Å². The van der Waals surface area contributed by atoms with Crippen LogP contribution >= 0.6 is 15.9 Å². The topological polar surface area (TPSA) is 26.0 Å². The Balaban J connectivity index is 2.26. The molecule has 0 fully saturated rings. The van der Waals surface area contributed by atoms with E-state index in [2.05, 4.69) is 59.3 Å². The predicted octanol–water partition coefficient (Wildman–Crippen LogP) is 4.26. The van der Waals surface area contributed by atoms with Crippen molar-refractivity contribution in [1.29, 1.82) is 0 Å². The molecule has 0 saturated carbocycles. The maximum absolute atomic E-state index is 6.58. The van der Waals surface area contributed by atoms with Crippen molar-refractivity contribution in [1.82, 2.24) is 0 Å². The molecule has 0 heterocycles. The van der Waals surface area contributed by atoms with Crippen molar-refractivity contribution >= 4 is 15.9 Å². The monoisotopic (exact) mass is 303 g/mol. The van der Waals surface area contributed by atoms with E-state index in [-0.39, 0.29) is 5.54 Å². The summed E-state index contributed by atoms with van der Waals surface area (Å²) in [6, 6.07) is 18.7. The van der Waals surface area contributed by atoms with Gasteiger partial charge in [0.15, 0.2) is 0 Å². The average molecular weight is 304 g/mol. The first kappa shape index (κ1) is 13.3. The lowest BCUT2D eigenvalue weighted by atomic mass is 9.83. The van der Waals surface area contributed by atoms with E-state index in [1.807, 2.05) is 18.2 Å². The SMILES string of the molecule is CCC(N)(Cc1ccc(Br)cc1)c1ccccc1. The summed E-state index contributed by atoms with van der Waals surface area (Å²) in [5.41, 5.74) is 8.77. The zero-order valence-electron chi connectivity index (χ0n) is 10.6. The normalized spacial score (nSPS) is 14.2. The fraction of sp³-hybridized carbons (Fsp3) is 0.250. The van der Waals surface area contributed by atoms with Gasteiger partial charge in [-0.3, -0.25) is 0 Å². The van der Waals surface area contributed by atoms with Crippen molar-refractivity contribution in [3.8, 4) is 0 Å². The summed E-state index contributed by atoms with van der Waals surface area (Å²) in [5, 5.41) is 0. The number of hydrogen-bond donors (Lipinski definition) is 1. The van der Waals surface area contributed by atoms with Gasteiger partial charge in [0.25, 0.3) is 0 Å². The molecule has 0 bridgehead atoms. The standard InChI is InChI=1S/C16H18BrN/c1-2-16(18,14-6-4-3-5-7-14)12-13-8-10-15(17)11-9-13/h3-11H,2,12,18H2,1H3. The van der Waals surface area contributed by atoms with E-state index in [1.54, 1.807) is 0 Å². The maximum Gasteiger partial charge on any atom is 0.0447 e. The lowest BCUT2D eigenvalue weighted by Gasteiger charge is -2.29. The van der Waals surface area contributed by atoms with Crippen molar-refractivity contribution in [3.05, 3.63) is 70.2 Å². The average Bonchev–Trinajstić information content (AvgIpc) is 2.42. The second kappa shape index (κ2) is 5.68. The zero-order chi connectivity index (χ0) is 13.0. The first-order valence-electron chi connectivity index (χ1n) is 6.23. The van der Waals surface area contributed by atoms with Gasteiger partial charge < -0.3 is 5.73 Å². The molecule has 0 aliphatic heterocycles. The second-order valence-electron chi connectivity index (χ2n) is 4.68. The van der Waals surface area contributed by atoms with E-state index in [0.29, 0.717) is 0 Å². The van der Waals surface area contributed by atoms with Crippen molar-refractivity contribution < 1.29 is 0 Å². The Labute approximate surface area is 117 Å². The molecular weight excluding hydrogens is 286 g/mol. The molecule has 2 rings (SSSR count). The number of benzene rings is 2. The number of hydrogen-bond acceptors (Lipinski definition) is 1. The number of nitrogens with two attached hydrogens (primary N) is 1. The minimum Gasteiger partial charge on any atom is -0.321 e. The van der Waals surface area contributed by atoms with Crippen LogP contribution in [-0.2, 0) is 12.0 Å². The van der Waals surface area contributed by atoms with Crippen LogP contribution in [-0.4, -0.2) is 0 Å². The predicted molar refractivity (Wildman–Crippen MR) is 80.4 cm³/mol. The van der Waals surface area contributed by atoms with E-state index in [1.165, 1.54) is 11.1 Å². The highest BCUT2D eigenvalue weighted by Crippen LogP contribution is 2.27. The van der Waals surface area contributed by atoms with Crippen LogP contribution in [0.1, 0.15) is 24.5 Å². The highest BCUT2D eigenvalue weighted by Gasteiger charge is 2.25. The van der Waals surface area contributed by atoms with Crippen LogP contribution in [0, 0.1) is 0 Å². The van der Waals surface area contributed by atoms with E-state index in [4.69, 9.17) is 5.73 Å². The van der Waals surface area contributed by atoms with Gasteiger partial charge in [-0.2, -0.15) is 0 Å². The third-order valence-corrected chi connectivity index (χ3v) is 3.94. The van der Waals surface area contributed by atoms with Gasteiger partial charge in [0.1, 0.15) is 0 Å². The van der Waals surface area contributed by atoms with E-state index in [9.17, 15) is 0 Å². The summed E-state index contributed by atoms with van der Waals surface area (Å²) in [7, 11) is 0. The first-order chi connectivity index (χ1) is 8.64. The van der Waals surface area contributed by atoms with E-state index < -0.39 is 0 Å². The Morgan fingerprint density at radius 1 is 1.00 bits per heavy atom. The molecule has 1 unspecified atom stereocenters. The van der Waals surface area contributed by atoms with Crippen molar-refractivity contribution in [2.45, 2.75) is 25.3 Å². The summed E-state index contributed by atoms with van der Waals surface area (Å²) >= 11 is 3.46. The molecular formula is C16H18BrN. The highest BCUT2D eigenvalue weighted by molar-refractivity contribution is 9.10.